The first kappa shape index (κ1) is 18.8. The number of rotatable bonds is 5. The first-order valence-corrected chi connectivity index (χ1v) is 8.63. The van der Waals surface area contributed by atoms with Crippen LogP contribution in [0.4, 0.5) is 10.5 Å². The number of amides is 4. The van der Waals surface area contributed by atoms with E-state index in [1.165, 1.54) is 18.7 Å². The van der Waals surface area contributed by atoms with Crippen molar-refractivity contribution in [1.29, 1.82) is 0 Å². The minimum Gasteiger partial charge on any atom is -0.452 e. The molecule has 1 aliphatic rings. The normalized spacial score (nSPS) is 16.9. The van der Waals surface area contributed by atoms with E-state index in [4.69, 9.17) is 4.74 Å². The van der Waals surface area contributed by atoms with Crippen LogP contribution in [-0.2, 0) is 19.1 Å². The SMILES string of the molecule is CCNC(=O)NC(=O)[C@@H](C)OC(=O)C[C@@H]1Sc2ccccc2NC1=O. The predicted octanol–water partition coefficient (Wildman–Crippen LogP) is 1.27. The van der Waals surface area contributed by atoms with Crippen molar-refractivity contribution in [2.24, 2.45) is 0 Å². The van der Waals surface area contributed by atoms with Crippen molar-refractivity contribution in [3.63, 3.8) is 0 Å². The van der Waals surface area contributed by atoms with Crippen LogP contribution in [0, 0.1) is 0 Å². The van der Waals surface area contributed by atoms with E-state index in [1.54, 1.807) is 13.0 Å². The highest BCUT2D eigenvalue weighted by Gasteiger charge is 2.30. The number of benzene rings is 1. The lowest BCUT2D eigenvalue weighted by Gasteiger charge is -2.23. The third-order valence-electron chi connectivity index (χ3n) is 3.31. The molecule has 0 aliphatic carbocycles. The van der Waals surface area contributed by atoms with E-state index in [1.807, 2.05) is 18.2 Å². The largest absolute Gasteiger partial charge is 0.452 e. The Labute approximate surface area is 149 Å². The molecule has 0 fully saturated rings. The van der Waals surface area contributed by atoms with Gasteiger partial charge < -0.3 is 15.4 Å². The molecule has 0 saturated carbocycles. The second kappa shape index (κ2) is 8.52. The highest BCUT2D eigenvalue weighted by molar-refractivity contribution is 8.01. The molecular weight excluding hydrogens is 346 g/mol. The number of esters is 1. The fourth-order valence-corrected chi connectivity index (χ4v) is 3.19. The zero-order chi connectivity index (χ0) is 18.4. The number of carbonyl (C=O) groups is 4. The van der Waals surface area contributed by atoms with Crippen LogP contribution >= 0.6 is 11.8 Å². The number of anilines is 1. The minimum atomic E-state index is -1.14. The Morgan fingerprint density at radius 3 is 2.76 bits per heavy atom. The van der Waals surface area contributed by atoms with E-state index in [9.17, 15) is 19.2 Å². The summed E-state index contributed by atoms with van der Waals surface area (Å²) >= 11 is 1.27. The molecular formula is C16H19N3O5S. The van der Waals surface area contributed by atoms with E-state index >= 15 is 0 Å². The average Bonchev–Trinajstić information content (AvgIpc) is 2.55. The molecule has 2 rings (SSSR count). The third kappa shape index (κ3) is 5.21. The summed E-state index contributed by atoms with van der Waals surface area (Å²) in [6.07, 6.45) is -1.32. The number of ether oxygens (including phenoxy) is 1. The van der Waals surface area contributed by atoms with Crippen LogP contribution in [0.2, 0.25) is 0 Å². The molecule has 0 radical (unpaired) electrons. The molecule has 1 aliphatic heterocycles. The fraction of sp³-hybridized carbons (Fsp3) is 0.375. The maximum absolute atomic E-state index is 12.1. The molecule has 4 amide bonds. The molecule has 9 heteroatoms. The van der Waals surface area contributed by atoms with Gasteiger partial charge in [-0.2, -0.15) is 0 Å². The van der Waals surface area contributed by atoms with E-state index < -0.39 is 29.3 Å². The van der Waals surface area contributed by atoms with E-state index in [2.05, 4.69) is 16.0 Å². The smallest absolute Gasteiger partial charge is 0.321 e. The Hall–Kier alpha value is -2.55. The molecule has 8 nitrogen and oxygen atoms in total. The maximum Gasteiger partial charge on any atom is 0.321 e. The lowest BCUT2D eigenvalue weighted by Crippen LogP contribution is -2.44. The molecule has 134 valence electrons. The Balaban J connectivity index is 1.86. The number of thioether (sulfide) groups is 1. The van der Waals surface area contributed by atoms with Gasteiger partial charge >= 0.3 is 12.0 Å². The van der Waals surface area contributed by atoms with Crippen LogP contribution in [0.25, 0.3) is 0 Å². The predicted molar refractivity (Wildman–Crippen MR) is 92.1 cm³/mol. The molecule has 0 unspecified atom stereocenters. The highest BCUT2D eigenvalue weighted by atomic mass is 32.2. The lowest BCUT2D eigenvalue weighted by molar-refractivity contribution is -0.154. The Bertz CT molecular complexity index is 694. The van der Waals surface area contributed by atoms with E-state index in [0.29, 0.717) is 12.2 Å². The van der Waals surface area contributed by atoms with Crippen molar-refractivity contribution < 1.29 is 23.9 Å². The van der Waals surface area contributed by atoms with Gasteiger partial charge in [-0.05, 0) is 26.0 Å². The number of hydrogen-bond acceptors (Lipinski definition) is 6. The first-order valence-electron chi connectivity index (χ1n) is 7.75. The number of hydrogen-bond donors (Lipinski definition) is 3. The van der Waals surface area contributed by atoms with Gasteiger partial charge in [0.1, 0.15) is 0 Å². The first-order chi connectivity index (χ1) is 11.9. The fourth-order valence-electron chi connectivity index (χ4n) is 2.10. The molecule has 0 aromatic heterocycles. The monoisotopic (exact) mass is 365 g/mol. The summed E-state index contributed by atoms with van der Waals surface area (Å²) < 4.78 is 5.01. The summed E-state index contributed by atoms with van der Waals surface area (Å²) in [6.45, 7) is 3.43. The average molecular weight is 365 g/mol. The quantitative estimate of drug-likeness (QED) is 0.677. The Morgan fingerprint density at radius 1 is 1.32 bits per heavy atom. The summed E-state index contributed by atoms with van der Waals surface area (Å²) in [4.78, 5) is 48.0. The van der Waals surface area contributed by atoms with Gasteiger partial charge in [0.2, 0.25) is 5.91 Å². The second-order valence-electron chi connectivity index (χ2n) is 5.28. The maximum atomic E-state index is 12.1. The van der Waals surface area contributed by atoms with Gasteiger partial charge in [0.05, 0.1) is 17.4 Å². The van der Waals surface area contributed by atoms with Crippen molar-refractivity contribution in [3.8, 4) is 0 Å². The molecule has 3 N–H and O–H groups in total. The summed E-state index contributed by atoms with van der Waals surface area (Å²) in [7, 11) is 0. The van der Waals surface area contributed by atoms with Gasteiger partial charge in [-0.25, -0.2) is 4.79 Å². The van der Waals surface area contributed by atoms with E-state index in [0.717, 1.165) is 4.90 Å². The Kier molecular flexibility index (Phi) is 6.40. The number of urea groups is 1. The number of fused-ring (bicyclic) bond motifs is 1. The summed E-state index contributed by atoms with van der Waals surface area (Å²) in [5.41, 5.74) is 0.705. The van der Waals surface area contributed by atoms with Crippen molar-refractivity contribution in [2.75, 3.05) is 11.9 Å². The summed E-state index contributed by atoms with van der Waals surface area (Å²) in [5, 5.41) is 6.55. The van der Waals surface area contributed by atoms with Crippen molar-refractivity contribution in [2.45, 2.75) is 36.5 Å². The van der Waals surface area contributed by atoms with Crippen LogP contribution in [0.15, 0.2) is 29.2 Å². The van der Waals surface area contributed by atoms with Crippen molar-refractivity contribution in [1.82, 2.24) is 10.6 Å². The molecule has 1 aromatic carbocycles. The van der Waals surface area contributed by atoms with Crippen LogP contribution < -0.4 is 16.0 Å². The van der Waals surface area contributed by atoms with Crippen LogP contribution in [0.5, 0.6) is 0 Å². The number of para-hydroxylation sites is 1. The van der Waals surface area contributed by atoms with Gasteiger partial charge in [-0.3, -0.25) is 19.7 Å². The van der Waals surface area contributed by atoms with E-state index in [-0.39, 0.29) is 12.3 Å². The second-order valence-corrected chi connectivity index (χ2v) is 6.52. The summed E-state index contributed by atoms with van der Waals surface area (Å²) in [6, 6.07) is 6.62. The van der Waals surface area contributed by atoms with Gasteiger partial charge in [0.25, 0.3) is 5.91 Å². The van der Waals surface area contributed by atoms with Gasteiger partial charge in [-0.1, -0.05) is 12.1 Å². The zero-order valence-electron chi connectivity index (χ0n) is 13.8. The number of carbonyl (C=O) groups excluding carboxylic acids is 4. The highest BCUT2D eigenvalue weighted by Crippen LogP contribution is 2.36. The topological polar surface area (TPSA) is 114 Å². The molecule has 1 heterocycles. The van der Waals surface area contributed by atoms with Crippen LogP contribution in [0.3, 0.4) is 0 Å². The van der Waals surface area contributed by atoms with Gasteiger partial charge in [0.15, 0.2) is 6.10 Å². The molecule has 25 heavy (non-hydrogen) atoms. The molecule has 1 aromatic rings. The molecule has 0 saturated heterocycles. The van der Waals surface area contributed by atoms with Crippen LogP contribution in [-0.4, -0.2) is 41.7 Å². The standard InChI is InChI=1S/C16H19N3O5S/c1-3-17-16(23)19-14(21)9(2)24-13(20)8-12-15(22)18-10-6-4-5-7-11(10)25-12/h4-7,9,12H,3,8H2,1-2H3,(H,18,22)(H2,17,19,21,23)/t9-,12+/m1/s1. The van der Waals surface area contributed by atoms with Crippen molar-refractivity contribution >= 4 is 41.3 Å². The molecule has 2 atom stereocenters. The lowest BCUT2D eigenvalue weighted by atomic mass is 10.2. The summed E-state index contributed by atoms with van der Waals surface area (Å²) in [5.74, 6) is -1.71. The molecule has 0 spiro atoms. The molecule has 0 bridgehead atoms. The number of nitrogens with one attached hydrogen (secondary N) is 3. The number of imide groups is 1. The zero-order valence-corrected chi connectivity index (χ0v) is 14.6. The Morgan fingerprint density at radius 2 is 2.04 bits per heavy atom. The van der Waals surface area contributed by atoms with Crippen LogP contribution in [0.1, 0.15) is 20.3 Å². The van der Waals surface area contributed by atoms with Gasteiger partial charge in [-0.15, -0.1) is 11.8 Å². The minimum absolute atomic E-state index is 0.177. The van der Waals surface area contributed by atoms with Crippen molar-refractivity contribution in [3.05, 3.63) is 24.3 Å². The third-order valence-corrected chi connectivity index (χ3v) is 4.59. The van der Waals surface area contributed by atoms with Gasteiger partial charge in [0, 0.05) is 11.4 Å².